The SMILES string of the molecule is C[Si](C)(C)CCSc1ccc(-c2ccc(-c3ccc(-c4ccc(SCCC#N)s4)cc3O)nc2)s1. The van der Waals surface area contributed by atoms with E-state index in [-0.39, 0.29) is 5.75 Å². The van der Waals surface area contributed by atoms with E-state index >= 15 is 0 Å². The van der Waals surface area contributed by atoms with Crippen molar-refractivity contribution in [2.24, 2.45) is 0 Å². The highest BCUT2D eigenvalue weighted by atomic mass is 32.2. The van der Waals surface area contributed by atoms with E-state index in [1.165, 1.54) is 25.1 Å². The average Bonchev–Trinajstić information content (AvgIpc) is 3.49. The molecule has 0 bridgehead atoms. The number of phenolic OH excluding ortho intramolecular Hbond substituents is 1. The van der Waals surface area contributed by atoms with Gasteiger partial charge in [-0.15, -0.1) is 46.2 Å². The molecule has 0 aliphatic heterocycles. The number of aromatic nitrogens is 1. The minimum absolute atomic E-state index is 0.229. The highest BCUT2D eigenvalue weighted by Gasteiger charge is 2.14. The van der Waals surface area contributed by atoms with Crippen LogP contribution in [0.5, 0.6) is 5.75 Å². The summed E-state index contributed by atoms with van der Waals surface area (Å²) in [7, 11) is -0.997. The number of rotatable bonds is 10. The summed E-state index contributed by atoms with van der Waals surface area (Å²) in [6.45, 7) is 7.26. The first kappa shape index (κ1) is 26.1. The summed E-state index contributed by atoms with van der Waals surface area (Å²) in [6, 6.07) is 21.9. The van der Waals surface area contributed by atoms with Crippen LogP contribution in [0.25, 0.3) is 32.1 Å². The van der Waals surface area contributed by atoms with E-state index in [1.807, 2.05) is 53.6 Å². The van der Waals surface area contributed by atoms with E-state index in [2.05, 4.69) is 61.0 Å². The minimum atomic E-state index is -0.997. The number of hydrogen-bond donors (Lipinski definition) is 1. The third-order valence-corrected chi connectivity index (χ3v) is 12.2. The van der Waals surface area contributed by atoms with Gasteiger partial charge < -0.3 is 5.11 Å². The molecule has 0 fully saturated rings. The Bertz CT molecular complexity index is 1320. The quantitative estimate of drug-likeness (QED) is 0.121. The molecule has 0 radical (unpaired) electrons. The van der Waals surface area contributed by atoms with Crippen LogP contribution in [0.15, 0.2) is 69.2 Å². The first-order valence-electron chi connectivity index (χ1n) is 11.4. The average molecular weight is 553 g/mol. The lowest BCUT2D eigenvalue weighted by molar-refractivity contribution is 0.477. The van der Waals surface area contributed by atoms with Crippen molar-refractivity contribution in [3.63, 3.8) is 0 Å². The maximum atomic E-state index is 10.7. The van der Waals surface area contributed by atoms with Crippen LogP contribution in [0.1, 0.15) is 6.42 Å². The first-order chi connectivity index (χ1) is 16.8. The Hall–Kier alpha value is -2.02. The van der Waals surface area contributed by atoms with Crippen LogP contribution in [0, 0.1) is 11.3 Å². The molecule has 0 saturated carbocycles. The monoisotopic (exact) mass is 552 g/mol. The molecule has 35 heavy (non-hydrogen) atoms. The lowest BCUT2D eigenvalue weighted by atomic mass is 10.1. The van der Waals surface area contributed by atoms with E-state index in [0.717, 1.165) is 33.0 Å². The summed E-state index contributed by atoms with van der Waals surface area (Å²) >= 11 is 7.16. The molecule has 0 saturated heterocycles. The van der Waals surface area contributed by atoms with Gasteiger partial charge in [0.15, 0.2) is 0 Å². The Labute approximate surface area is 225 Å². The molecule has 0 spiro atoms. The molecule has 0 unspecified atom stereocenters. The van der Waals surface area contributed by atoms with Gasteiger partial charge in [0, 0.05) is 47.3 Å². The second-order valence-corrected chi connectivity index (χ2v) is 19.9. The molecule has 1 N–H and O–H groups in total. The van der Waals surface area contributed by atoms with E-state index in [0.29, 0.717) is 6.42 Å². The van der Waals surface area contributed by atoms with Crippen molar-refractivity contribution in [2.75, 3.05) is 11.5 Å². The van der Waals surface area contributed by atoms with Gasteiger partial charge in [-0.2, -0.15) is 5.26 Å². The molecule has 0 aliphatic carbocycles. The van der Waals surface area contributed by atoms with Gasteiger partial charge in [0.05, 0.1) is 20.2 Å². The summed E-state index contributed by atoms with van der Waals surface area (Å²) < 4.78 is 2.54. The Morgan fingerprint density at radius 3 is 2.14 bits per heavy atom. The lowest BCUT2D eigenvalue weighted by Gasteiger charge is -2.14. The fourth-order valence-electron chi connectivity index (χ4n) is 3.36. The zero-order valence-electron chi connectivity index (χ0n) is 20.1. The van der Waals surface area contributed by atoms with Crippen LogP contribution in [-0.4, -0.2) is 29.7 Å². The van der Waals surface area contributed by atoms with E-state index in [1.54, 1.807) is 23.1 Å². The predicted molar refractivity (Wildman–Crippen MR) is 158 cm³/mol. The molecule has 0 amide bonds. The minimum Gasteiger partial charge on any atom is -0.507 e. The van der Waals surface area contributed by atoms with Crippen LogP contribution in [0.2, 0.25) is 25.7 Å². The van der Waals surface area contributed by atoms with E-state index in [4.69, 9.17) is 5.26 Å². The van der Waals surface area contributed by atoms with Crippen molar-refractivity contribution >= 4 is 54.3 Å². The predicted octanol–water partition coefficient (Wildman–Crippen LogP) is 9.35. The topological polar surface area (TPSA) is 56.9 Å². The number of hydrogen-bond acceptors (Lipinski definition) is 7. The van der Waals surface area contributed by atoms with Crippen LogP contribution in [-0.2, 0) is 0 Å². The number of benzene rings is 1. The van der Waals surface area contributed by atoms with Crippen LogP contribution >= 0.6 is 46.2 Å². The van der Waals surface area contributed by atoms with Gasteiger partial charge >= 0.3 is 0 Å². The van der Waals surface area contributed by atoms with Crippen molar-refractivity contribution < 1.29 is 5.11 Å². The van der Waals surface area contributed by atoms with Gasteiger partial charge in [-0.25, -0.2) is 0 Å². The smallest absolute Gasteiger partial charge is 0.125 e. The van der Waals surface area contributed by atoms with Crippen molar-refractivity contribution in [2.45, 2.75) is 40.5 Å². The maximum absolute atomic E-state index is 10.7. The fourth-order valence-corrected chi connectivity index (χ4v) is 10.1. The van der Waals surface area contributed by atoms with Crippen LogP contribution < -0.4 is 0 Å². The Kier molecular flexibility index (Phi) is 8.79. The van der Waals surface area contributed by atoms with Crippen LogP contribution in [0.4, 0.5) is 0 Å². The van der Waals surface area contributed by atoms with Gasteiger partial charge in [-0.1, -0.05) is 25.7 Å². The molecule has 4 aromatic rings. The first-order valence-corrected chi connectivity index (χ1v) is 18.8. The zero-order valence-corrected chi connectivity index (χ0v) is 24.3. The third kappa shape index (κ3) is 7.25. The molecule has 4 rings (SSSR count). The van der Waals surface area contributed by atoms with Crippen molar-refractivity contribution in [1.29, 1.82) is 5.26 Å². The van der Waals surface area contributed by atoms with Gasteiger partial charge in [0.25, 0.3) is 0 Å². The maximum Gasteiger partial charge on any atom is 0.125 e. The normalized spacial score (nSPS) is 11.5. The van der Waals surface area contributed by atoms with Crippen molar-refractivity contribution in [1.82, 2.24) is 4.98 Å². The largest absolute Gasteiger partial charge is 0.507 e. The number of nitriles is 1. The Balaban J connectivity index is 1.43. The summed E-state index contributed by atoms with van der Waals surface area (Å²) in [5.41, 5.74) is 3.58. The molecule has 0 aliphatic rings. The number of thioether (sulfide) groups is 2. The summed E-state index contributed by atoms with van der Waals surface area (Å²) in [6.07, 6.45) is 2.44. The van der Waals surface area contributed by atoms with E-state index in [9.17, 15) is 5.11 Å². The van der Waals surface area contributed by atoms with E-state index < -0.39 is 8.07 Å². The molecule has 0 atom stereocenters. The molecule has 3 nitrogen and oxygen atoms in total. The second-order valence-electron chi connectivity index (χ2n) is 9.32. The van der Waals surface area contributed by atoms with Crippen LogP contribution in [0.3, 0.4) is 0 Å². The number of pyridine rings is 1. The molecule has 1 aromatic carbocycles. The summed E-state index contributed by atoms with van der Waals surface area (Å²) in [5.74, 6) is 2.22. The Morgan fingerprint density at radius 1 is 0.886 bits per heavy atom. The number of aromatic hydroxyl groups is 1. The summed E-state index contributed by atoms with van der Waals surface area (Å²) in [5, 5.41) is 19.5. The van der Waals surface area contributed by atoms with Crippen molar-refractivity contribution in [3.05, 3.63) is 60.8 Å². The number of phenols is 1. The fraction of sp³-hybridized carbons (Fsp3) is 0.259. The highest BCUT2D eigenvalue weighted by molar-refractivity contribution is 8.01. The standard InChI is InChI=1S/C27H28N2OS4Si/c1-35(2,3)16-15-32-27-12-10-25(34-27)20-6-8-22(29-18-20)21-7-5-19(17-23(21)30)24-9-11-26(33-24)31-14-4-13-28/h5-12,17-18,30H,4,14-16H2,1-3H3. The number of nitrogens with zero attached hydrogens (tertiary/aromatic N) is 2. The van der Waals surface area contributed by atoms with Gasteiger partial charge in [0.1, 0.15) is 5.75 Å². The number of thiophene rings is 2. The second kappa shape index (κ2) is 11.8. The van der Waals surface area contributed by atoms with Gasteiger partial charge in [-0.3, -0.25) is 4.98 Å². The lowest BCUT2D eigenvalue weighted by Crippen LogP contribution is -2.19. The molecule has 8 heteroatoms. The molecular formula is C27H28N2OS4Si. The van der Waals surface area contributed by atoms with Gasteiger partial charge in [-0.05, 0) is 65.9 Å². The highest BCUT2D eigenvalue weighted by Crippen LogP contribution is 2.39. The third-order valence-electron chi connectivity index (χ3n) is 5.32. The molecule has 180 valence electrons. The zero-order chi connectivity index (χ0) is 24.8. The Morgan fingerprint density at radius 2 is 1.54 bits per heavy atom. The summed E-state index contributed by atoms with van der Waals surface area (Å²) in [4.78, 5) is 6.98. The van der Waals surface area contributed by atoms with Crippen molar-refractivity contribution in [3.8, 4) is 44.0 Å². The molecule has 3 aromatic heterocycles. The molecule has 3 heterocycles. The van der Waals surface area contributed by atoms with Gasteiger partial charge in [0.2, 0.25) is 0 Å². The molecular weight excluding hydrogens is 525 g/mol.